The zero-order valence-corrected chi connectivity index (χ0v) is 21.0. The van der Waals surface area contributed by atoms with Crippen molar-refractivity contribution in [3.8, 4) is 0 Å². The Labute approximate surface area is 192 Å². The van der Waals surface area contributed by atoms with Crippen molar-refractivity contribution in [3.63, 3.8) is 0 Å². The summed E-state index contributed by atoms with van der Waals surface area (Å²) in [7, 11) is 4.25. The lowest BCUT2D eigenvalue weighted by Gasteiger charge is -2.27. The molecule has 0 bridgehead atoms. The lowest BCUT2D eigenvalue weighted by atomic mass is 9.87. The molecule has 0 spiro atoms. The molecular formula is C25H40N6O. The molecule has 7 nitrogen and oxygen atoms in total. The summed E-state index contributed by atoms with van der Waals surface area (Å²) in [4.78, 5) is 16.9. The van der Waals surface area contributed by atoms with Crippen molar-refractivity contribution in [3.05, 3.63) is 33.9 Å². The maximum absolute atomic E-state index is 12.5. The van der Waals surface area contributed by atoms with Crippen LogP contribution >= 0.6 is 0 Å². The molecule has 7 heteroatoms. The Morgan fingerprint density at radius 1 is 1.06 bits per heavy atom. The average Bonchev–Trinajstić information content (AvgIpc) is 3.17. The molecule has 0 aromatic carbocycles. The molecule has 0 saturated heterocycles. The Kier molecular flexibility index (Phi) is 6.48. The number of fused-ring (bicyclic) bond motifs is 2. The van der Waals surface area contributed by atoms with Crippen molar-refractivity contribution in [2.24, 2.45) is 13.0 Å². The van der Waals surface area contributed by atoms with Crippen molar-refractivity contribution in [1.29, 1.82) is 0 Å². The molecule has 2 unspecified atom stereocenters. The van der Waals surface area contributed by atoms with Gasteiger partial charge in [-0.1, -0.05) is 20.8 Å². The molecule has 0 fully saturated rings. The molecule has 2 atom stereocenters. The van der Waals surface area contributed by atoms with Crippen LogP contribution < -0.4 is 0 Å². The van der Waals surface area contributed by atoms with E-state index in [2.05, 4.69) is 56.1 Å². The third-order valence-electron chi connectivity index (χ3n) is 7.42. The number of hydrogen-bond donors (Lipinski definition) is 0. The Morgan fingerprint density at radius 3 is 2.47 bits per heavy atom. The number of hydrogen-bond acceptors (Lipinski definition) is 4. The second-order valence-corrected chi connectivity index (χ2v) is 10.3. The van der Waals surface area contributed by atoms with E-state index in [0.29, 0.717) is 24.3 Å². The van der Waals surface area contributed by atoms with E-state index in [-0.39, 0.29) is 5.91 Å². The third-order valence-corrected chi connectivity index (χ3v) is 7.42. The Balaban J connectivity index is 1.62. The first-order chi connectivity index (χ1) is 15.2. The van der Waals surface area contributed by atoms with Gasteiger partial charge < -0.3 is 9.80 Å². The Bertz CT molecular complexity index is 987. The predicted octanol–water partition coefficient (Wildman–Crippen LogP) is 3.46. The van der Waals surface area contributed by atoms with Crippen LogP contribution in [0.3, 0.4) is 0 Å². The molecule has 32 heavy (non-hydrogen) atoms. The zero-order chi connectivity index (χ0) is 23.2. The maximum Gasteiger partial charge on any atom is 0.219 e. The summed E-state index contributed by atoms with van der Waals surface area (Å²) in [6.45, 7) is 15.1. The molecule has 2 aromatic heterocycles. The average molecular weight is 441 g/mol. The van der Waals surface area contributed by atoms with Gasteiger partial charge in [0, 0.05) is 63.9 Å². The van der Waals surface area contributed by atoms with Gasteiger partial charge in [0.25, 0.3) is 0 Å². The molecule has 2 aliphatic heterocycles. The van der Waals surface area contributed by atoms with E-state index in [9.17, 15) is 4.79 Å². The van der Waals surface area contributed by atoms with E-state index in [4.69, 9.17) is 10.2 Å². The maximum atomic E-state index is 12.5. The van der Waals surface area contributed by atoms with Gasteiger partial charge in [-0.3, -0.25) is 14.2 Å². The van der Waals surface area contributed by atoms with Gasteiger partial charge in [0.2, 0.25) is 5.91 Å². The molecule has 176 valence electrons. The highest BCUT2D eigenvalue weighted by Gasteiger charge is 2.32. The highest BCUT2D eigenvalue weighted by Crippen LogP contribution is 2.35. The topological polar surface area (TPSA) is 59.2 Å². The van der Waals surface area contributed by atoms with Crippen molar-refractivity contribution in [2.75, 3.05) is 20.1 Å². The van der Waals surface area contributed by atoms with E-state index in [0.717, 1.165) is 51.1 Å². The Hall–Kier alpha value is -2.15. The summed E-state index contributed by atoms with van der Waals surface area (Å²) in [6, 6.07) is 0. The lowest BCUT2D eigenvalue weighted by molar-refractivity contribution is -0.130. The second kappa shape index (κ2) is 9.00. The number of carbonyl (C=O) groups excluding carboxylic acids is 1. The van der Waals surface area contributed by atoms with Crippen LogP contribution in [-0.2, 0) is 44.3 Å². The fourth-order valence-corrected chi connectivity index (χ4v) is 5.73. The van der Waals surface area contributed by atoms with Crippen molar-refractivity contribution < 1.29 is 4.79 Å². The van der Waals surface area contributed by atoms with E-state index in [1.807, 2.05) is 4.90 Å². The van der Waals surface area contributed by atoms with E-state index < -0.39 is 0 Å². The number of carbonyl (C=O) groups is 1. The van der Waals surface area contributed by atoms with Gasteiger partial charge >= 0.3 is 0 Å². The van der Waals surface area contributed by atoms with Gasteiger partial charge in [-0.05, 0) is 50.6 Å². The van der Waals surface area contributed by atoms with Crippen LogP contribution in [0.5, 0.6) is 0 Å². The molecule has 0 radical (unpaired) electrons. The minimum Gasteiger partial charge on any atom is -0.338 e. The van der Waals surface area contributed by atoms with Crippen molar-refractivity contribution >= 4 is 5.91 Å². The van der Waals surface area contributed by atoms with Gasteiger partial charge in [0.1, 0.15) is 0 Å². The molecule has 4 rings (SSSR count). The van der Waals surface area contributed by atoms with Crippen molar-refractivity contribution in [2.45, 2.75) is 85.4 Å². The van der Waals surface area contributed by atoms with Crippen LogP contribution in [0.4, 0.5) is 0 Å². The summed E-state index contributed by atoms with van der Waals surface area (Å²) >= 11 is 0. The monoisotopic (exact) mass is 440 g/mol. The molecule has 0 N–H and O–H groups in total. The summed E-state index contributed by atoms with van der Waals surface area (Å²) in [5.41, 5.74) is 7.85. The van der Waals surface area contributed by atoms with Gasteiger partial charge in [-0.25, -0.2) is 0 Å². The quantitative estimate of drug-likeness (QED) is 0.714. The van der Waals surface area contributed by atoms with Crippen LogP contribution in [0.2, 0.25) is 0 Å². The van der Waals surface area contributed by atoms with E-state index in [1.54, 1.807) is 6.92 Å². The molecule has 4 heterocycles. The number of aromatic nitrogens is 4. The highest BCUT2D eigenvalue weighted by molar-refractivity contribution is 5.73. The zero-order valence-electron chi connectivity index (χ0n) is 21.0. The van der Waals surface area contributed by atoms with Gasteiger partial charge in [-0.2, -0.15) is 10.2 Å². The Morgan fingerprint density at radius 2 is 1.81 bits per heavy atom. The van der Waals surface area contributed by atoms with Crippen LogP contribution in [0, 0.1) is 5.92 Å². The SMILES string of the molecule is CCn1nc(C(C)CC2Cc3c(c(C(C)C)nn3C)CN(C(C)=O)C2)c2c1CN(C)CC2. The normalized spacial score (nSPS) is 20.2. The van der Waals surface area contributed by atoms with Crippen LogP contribution in [-0.4, -0.2) is 55.4 Å². The number of likely N-dealkylation sites (N-methyl/N-ethyl adjacent to an activating group) is 1. The number of rotatable bonds is 5. The second-order valence-electron chi connectivity index (χ2n) is 10.3. The summed E-state index contributed by atoms with van der Waals surface area (Å²) in [5, 5.41) is 9.91. The molecule has 2 aliphatic rings. The number of nitrogens with zero attached hydrogens (tertiary/aromatic N) is 6. The molecule has 0 aliphatic carbocycles. The first-order valence-electron chi connectivity index (χ1n) is 12.3. The minimum absolute atomic E-state index is 0.157. The van der Waals surface area contributed by atoms with Gasteiger partial charge in [0.05, 0.1) is 17.1 Å². The first kappa shape index (κ1) is 23.0. The summed E-state index contributed by atoms with van der Waals surface area (Å²) < 4.78 is 4.27. The minimum atomic E-state index is 0.157. The van der Waals surface area contributed by atoms with Crippen LogP contribution in [0.25, 0.3) is 0 Å². The third kappa shape index (κ3) is 4.24. The largest absolute Gasteiger partial charge is 0.338 e. The first-order valence-corrected chi connectivity index (χ1v) is 12.3. The van der Waals surface area contributed by atoms with Crippen molar-refractivity contribution in [1.82, 2.24) is 29.4 Å². The summed E-state index contributed by atoms with van der Waals surface area (Å²) in [5.74, 6) is 1.29. The summed E-state index contributed by atoms with van der Waals surface area (Å²) in [6.07, 6.45) is 3.09. The van der Waals surface area contributed by atoms with E-state index >= 15 is 0 Å². The predicted molar refractivity (Wildman–Crippen MR) is 127 cm³/mol. The highest BCUT2D eigenvalue weighted by atomic mass is 16.2. The smallest absolute Gasteiger partial charge is 0.219 e. The number of aryl methyl sites for hydroxylation is 2. The fraction of sp³-hybridized carbons (Fsp3) is 0.720. The van der Waals surface area contributed by atoms with Gasteiger partial charge in [0.15, 0.2) is 0 Å². The molecule has 1 amide bonds. The molecule has 2 aromatic rings. The lowest BCUT2D eigenvalue weighted by Crippen LogP contribution is -2.33. The van der Waals surface area contributed by atoms with Crippen LogP contribution in [0.15, 0.2) is 0 Å². The number of amides is 1. The van der Waals surface area contributed by atoms with E-state index in [1.165, 1.54) is 28.2 Å². The fourth-order valence-electron chi connectivity index (χ4n) is 5.73. The van der Waals surface area contributed by atoms with Crippen LogP contribution in [0.1, 0.15) is 86.8 Å². The molecule has 0 saturated carbocycles. The van der Waals surface area contributed by atoms with Gasteiger partial charge in [-0.15, -0.1) is 0 Å². The standard InChI is InChI=1S/C25H40N6O/c1-8-31-23-15-28(6)10-9-20(23)25(27-31)17(4)11-19-12-22-21(14-30(13-19)18(5)32)24(16(2)3)26-29(22)7/h16-17,19H,8-15H2,1-7H3. The molecular weight excluding hydrogens is 400 g/mol.